The van der Waals surface area contributed by atoms with E-state index < -0.39 is 5.82 Å². The second-order valence-corrected chi connectivity index (χ2v) is 5.79. The number of hydrogen-bond donors (Lipinski definition) is 2. The van der Waals surface area contributed by atoms with Crippen molar-refractivity contribution in [3.8, 4) is 11.3 Å². The molecule has 114 valence electrons. The van der Waals surface area contributed by atoms with Crippen molar-refractivity contribution in [2.24, 2.45) is 0 Å². The molecule has 6 heteroatoms. The van der Waals surface area contributed by atoms with Gasteiger partial charge in [-0.3, -0.25) is 9.78 Å². The molecule has 1 amide bonds. The van der Waals surface area contributed by atoms with Gasteiger partial charge in [0.1, 0.15) is 0 Å². The van der Waals surface area contributed by atoms with Crippen molar-refractivity contribution in [1.29, 1.82) is 0 Å². The van der Waals surface area contributed by atoms with Gasteiger partial charge in [0.2, 0.25) is 0 Å². The lowest BCUT2D eigenvalue weighted by atomic mass is 9.90. The minimum Gasteiger partial charge on any atom is -0.378 e. The first-order valence-corrected chi connectivity index (χ1v) is 7.45. The maximum atomic E-state index is 13.9. The van der Waals surface area contributed by atoms with Gasteiger partial charge in [-0.05, 0) is 25.0 Å². The number of nitrogens with zero attached hydrogens (tertiary/aromatic N) is 1. The number of carbonyl (C=O) groups excluding carboxylic acids is 1. The summed E-state index contributed by atoms with van der Waals surface area (Å²) in [5, 5.41) is 2.90. The maximum Gasteiger partial charge on any atom is 0.253 e. The lowest BCUT2D eigenvalue weighted by Gasteiger charge is -2.32. The Morgan fingerprint density at radius 2 is 2.27 bits per heavy atom. The first-order valence-electron chi connectivity index (χ1n) is 7.45. The highest BCUT2D eigenvalue weighted by atomic mass is 19.1. The molecule has 2 aromatic heterocycles. The van der Waals surface area contributed by atoms with Crippen LogP contribution in [0.3, 0.4) is 0 Å². The Kier molecular flexibility index (Phi) is 3.18. The Hall–Kier alpha value is -2.21. The Morgan fingerprint density at radius 1 is 1.41 bits per heavy atom. The molecule has 0 saturated carbocycles. The van der Waals surface area contributed by atoms with Gasteiger partial charge in [0, 0.05) is 42.2 Å². The number of aromatic amines is 1. The Bertz CT molecular complexity index is 724. The van der Waals surface area contributed by atoms with Gasteiger partial charge in [0.15, 0.2) is 5.82 Å². The molecule has 1 fully saturated rings. The normalized spacial score (nSPS) is 23.6. The van der Waals surface area contributed by atoms with Crippen molar-refractivity contribution in [3.63, 3.8) is 0 Å². The number of H-pyrrole nitrogens is 1. The number of amides is 1. The van der Waals surface area contributed by atoms with E-state index in [1.54, 1.807) is 12.1 Å². The van der Waals surface area contributed by atoms with Gasteiger partial charge in [-0.2, -0.15) is 0 Å². The third-order valence-electron chi connectivity index (χ3n) is 4.41. The van der Waals surface area contributed by atoms with Crippen LogP contribution in [0.5, 0.6) is 0 Å². The maximum absolute atomic E-state index is 13.9. The molecule has 0 aliphatic carbocycles. The summed E-state index contributed by atoms with van der Waals surface area (Å²) in [6.45, 7) is 1.40. The molecule has 0 spiro atoms. The lowest BCUT2D eigenvalue weighted by Crippen LogP contribution is -2.38. The molecule has 2 N–H and O–H groups in total. The molecular formula is C16H16FN3O2. The number of aromatic nitrogens is 2. The van der Waals surface area contributed by atoms with E-state index in [1.807, 2.05) is 0 Å². The second-order valence-electron chi connectivity index (χ2n) is 5.79. The fraction of sp³-hybridized carbons (Fsp3) is 0.375. The van der Waals surface area contributed by atoms with Crippen LogP contribution < -0.4 is 5.32 Å². The average Bonchev–Trinajstić information content (AvgIpc) is 2.91. The molecule has 0 radical (unpaired) electrons. The van der Waals surface area contributed by atoms with Crippen LogP contribution in [-0.4, -0.2) is 35.1 Å². The standard InChI is InChI=1S/C16H16FN3O2/c17-13-8-18-3-1-11(13)14-6-12-15(20-14)9(7-19-16(12)21)5-10-2-4-22-10/h1,3,6,8-10,20H,2,4-5,7H2,(H,19,21). The predicted octanol–water partition coefficient (Wildman–Crippen LogP) is 2.22. The highest BCUT2D eigenvalue weighted by Gasteiger charge is 2.32. The fourth-order valence-corrected chi connectivity index (χ4v) is 3.12. The molecule has 0 aromatic carbocycles. The van der Waals surface area contributed by atoms with Crippen LogP contribution in [0.4, 0.5) is 4.39 Å². The van der Waals surface area contributed by atoms with Crippen LogP contribution in [0, 0.1) is 5.82 Å². The lowest BCUT2D eigenvalue weighted by molar-refractivity contribution is -0.0582. The summed E-state index contributed by atoms with van der Waals surface area (Å²) >= 11 is 0. The van der Waals surface area contributed by atoms with Crippen LogP contribution in [0.2, 0.25) is 0 Å². The molecule has 22 heavy (non-hydrogen) atoms. The van der Waals surface area contributed by atoms with Gasteiger partial charge in [-0.15, -0.1) is 0 Å². The molecule has 1 saturated heterocycles. The zero-order valence-electron chi connectivity index (χ0n) is 11.9. The van der Waals surface area contributed by atoms with E-state index in [0.717, 1.165) is 25.1 Å². The van der Waals surface area contributed by atoms with Crippen molar-refractivity contribution in [3.05, 3.63) is 41.6 Å². The van der Waals surface area contributed by atoms with E-state index in [1.165, 1.54) is 12.4 Å². The molecule has 2 aliphatic rings. The van der Waals surface area contributed by atoms with Crippen molar-refractivity contribution in [2.75, 3.05) is 13.2 Å². The monoisotopic (exact) mass is 301 g/mol. The molecule has 4 heterocycles. The highest BCUT2D eigenvalue weighted by molar-refractivity contribution is 5.98. The molecule has 0 bridgehead atoms. The van der Waals surface area contributed by atoms with Gasteiger partial charge in [0.25, 0.3) is 5.91 Å². The summed E-state index contributed by atoms with van der Waals surface area (Å²) in [4.78, 5) is 19.1. The van der Waals surface area contributed by atoms with Gasteiger partial charge in [-0.25, -0.2) is 4.39 Å². The Labute approximate surface area is 126 Å². The number of hydrogen-bond acceptors (Lipinski definition) is 3. The Balaban J connectivity index is 1.71. The topological polar surface area (TPSA) is 67.0 Å². The summed E-state index contributed by atoms with van der Waals surface area (Å²) in [5.74, 6) is -0.338. The van der Waals surface area contributed by atoms with E-state index in [9.17, 15) is 9.18 Å². The Morgan fingerprint density at radius 3 is 3.00 bits per heavy atom. The quantitative estimate of drug-likeness (QED) is 0.913. The second kappa shape index (κ2) is 5.21. The number of ether oxygens (including phenoxy) is 1. The van der Waals surface area contributed by atoms with E-state index in [2.05, 4.69) is 15.3 Å². The molecule has 2 atom stereocenters. The van der Waals surface area contributed by atoms with E-state index >= 15 is 0 Å². The zero-order valence-corrected chi connectivity index (χ0v) is 11.9. The summed E-state index contributed by atoms with van der Waals surface area (Å²) in [7, 11) is 0. The number of nitrogens with one attached hydrogen (secondary N) is 2. The average molecular weight is 301 g/mol. The summed E-state index contributed by atoms with van der Waals surface area (Å²) in [6, 6.07) is 3.32. The number of carbonyl (C=O) groups is 1. The molecule has 4 rings (SSSR count). The van der Waals surface area contributed by atoms with E-state index in [4.69, 9.17) is 4.74 Å². The molecule has 5 nitrogen and oxygen atoms in total. The van der Waals surface area contributed by atoms with Crippen LogP contribution in [0.1, 0.15) is 34.8 Å². The third kappa shape index (κ3) is 2.20. The number of fused-ring (bicyclic) bond motifs is 1. The molecular weight excluding hydrogens is 285 g/mol. The first-order chi connectivity index (χ1) is 10.7. The van der Waals surface area contributed by atoms with Gasteiger partial charge >= 0.3 is 0 Å². The van der Waals surface area contributed by atoms with E-state index in [-0.39, 0.29) is 17.9 Å². The smallest absolute Gasteiger partial charge is 0.253 e. The minimum atomic E-state index is -0.402. The van der Waals surface area contributed by atoms with Gasteiger partial charge in [0.05, 0.1) is 17.9 Å². The van der Waals surface area contributed by atoms with Crippen LogP contribution in [0.15, 0.2) is 24.5 Å². The summed E-state index contributed by atoms with van der Waals surface area (Å²) in [5.41, 5.74) is 2.52. The SMILES string of the molecule is O=C1NCC(CC2CCO2)c2[nH]c(-c3ccncc3F)cc21. The van der Waals surface area contributed by atoms with Gasteiger partial charge < -0.3 is 15.0 Å². The van der Waals surface area contributed by atoms with Crippen molar-refractivity contribution < 1.29 is 13.9 Å². The van der Waals surface area contributed by atoms with Crippen molar-refractivity contribution in [1.82, 2.24) is 15.3 Å². The number of rotatable bonds is 3. The fourth-order valence-electron chi connectivity index (χ4n) is 3.12. The largest absolute Gasteiger partial charge is 0.378 e. The molecule has 2 aromatic rings. The zero-order chi connectivity index (χ0) is 15.1. The predicted molar refractivity (Wildman–Crippen MR) is 78.0 cm³/mol. The van der Waals surface area contributed by atoms with Crippen LogP contribution in [0.25, 0.3) is 11.3 Å². The molecule has 2 unspecified atom stereocenters. The van der Waals surface area contributed by atoms with Crippen LogP contribution in [-0.2, 0) is 4.74 Å². The summed E-state index contributed by atoms with van der Waals surface area (Å²) in [6.07, 6.45) is 4.91. The van der Waals surface area contributed by atoms with Crippen molar-refractivity contribution in [2.45, 2.75) is 24.9 Å². The molecule has 2 aliphatic heterocycles. The van der Waals surface area contributed by atoms with Crippen molar-refractivity contribution >= 4 is 5.91 Å². The summed E-state index contributed by atoms with van der Waals surface area (Å²) < 4.78 is 19.4. The highest BCUT2D eigenvalue weighted by Crippen LogP contribution is 2.34. The third-order valence-corrected chi connectivity index (χ3v) is 4.41. The number of halogens is 1. The first kappa shape index (κ1) is 13.5. The van der Waals surface area contributed by atoms with Gasteiger partial charge in [-0.1, -0.05) is 0 Å². The minimum absolute atomic E-state index is 0.113. The number of pyridine rings is 1. The van der Waals surface area contributed by atoms with E-state index in [0.29, 0.717) is 23.4 Å². The van der Waals surface area contributed by atoms with Crippen LogP contribution >= 0.6 is 0 Å².